The summed E-state index contributed by atoms with van der Waals surface area (Å²) < 4.78 is 16.5. The van der Waals surface area contributed by atoms with Crippen LogP contribution in [0.15, 0.2) is 59.4 Å². The molecule has 0 atom stereocenters. The maximum atomic E-state index is 11.1. The van der Waals surface area contributed by atoms with Crippen LogP contribution in [0.3, 0.4) is 0 Å². The van der Waals surface area contributed by atoms with Crippen molar-refractivity contribution < 1.29 is 23.9 Å². The Labute approximate surface area is 227 Å². The van der Waals surface area contributed by atoms with E-state index in [1.165, 1.54) is 12.4 Å². The van der Waals surface area contributed by atoms with Gasteiger partial charge < -0.3 is 24.0 Å². The van der Waals surface area contributed by atoms with Crippen LogP contribution < -0.4 is 14.4 Å². The van der Waals surface area contributed by atoms with Crippen molar-refractivity contribution in [1.29, 1.82) is 0 Å². The van der Waals surface area contributed by atoms with Crippen LogP contribution in [0.5, 0.6) is 11.6 Å². The molecule has 2 aliphatic rings. The summed E-state index contributed by atoms with van der Waals surface area (Å²) in [6.07, 6.45) is 5.05. The third kappa shape index (κ3) is 4.69. The fourth-order valence-corrected chi connectivity index (χ4v) is 5.14. The molecule has 0 unspecified atom stereocenters. The van der Waals surface area contributed by atoms with E-state index in [1.807, 2.05) is 11.0 Å². The minimum Gasteiger partial charge on any atom is -0.471 e. The van der Waals surface area contributed by atoms with Crippen LogP contribution in [0.4, 0.5) is 5.69 Å². The highest BCUT2D eigenvalue weighted by atomic mass is 35.5. The summed E-state index contributed by atoms with van der Waals surface area (Å²) in [5.74, 6) is 1.80. The molecule has 1 aliphatic carbocycles. The quantitative estimate of drug-likeness (QED) is 0.282. The molecule has 0 bridgehead atoms. The Morgan fingerprint density at radius 2 is 1.87 bits per heavy atom. The molecule has 0 amide bonds. The molecule has 0 radical (unpaired) electrons. The molecule has 9 nitrogen and oxygen atoms in total. The lowest BCUT2D eigenvalue weighted by Gasteiger charge is -2.47. The van der Waals surface area contributed by atoms with Crippen molar-refractivity contribution in [3.05, 3.63) is 81.9 Å². The number of rotatable bonds is 9. The summed E-state index contributed by atoms with van der Waals surface area (Å²) in [7, 11) is 0. The second-order valence-corrected chi connectivity index (χ2v) is 10.2. The van der Waals surface area contributed by atoms with E-state index in [0.29, 0.717) is 64.1 Å². The highest BCUT2D eigenvalue weighted by molar-refractivity contribution is 6.39. The number of halogens is 2. The molecule has 3 heterocycles. The fourth-order valence-electron chi connectivity index (χ4n) is 4.56. The second kappa shape index (κ2) is 9.90. The first-order chi connectivity index (χ1) is 18.4. The van der Waals surface area contributed by atoms with Crippen molar-refractivity contribution in [2.24, 2.45) is 0 Å². The highest BCUT2D eigenvalue weighted by Crippen LogP contribution is 2.46. The van der Waals surface area contributed by atoms with Crippen LogP contribution in [-0.2, 0) is 17.0 Å². The largest absolute Gasteiger partial charge is 0.471 e. The Hall–Kier alpha value is -3.66. The van der Waals surface area contributed by atoms with Crippen molar-refractivity contribution in [1.82, 2.24) is 15.1 Å². The number of hydrogen-bond donors (Lipinski definition) is 1. The molecule has 2 aromatic carbocycles. The molecule has 2 aromatic heterocycles. The van der Waals surface area contributed by atoms with Crippen LogP contribution in [0.2, 0.25) is 10.0 Å². The van der Waals surface area contributed by atoms with E-state index in [2.05, 4.69) is 15.1 Å². The molecule has 6 rings (SSSR count). The minimum absolute atomic E-state index is 0.150. The maximum Gasteiger partial charge on any atom is 0.298 e. The number of ether oxygens (including phenoxy) is 2. The number of nitrogens with zero attached hydrogens (tertiary/aromatic N) is 4. The normalized spacial score (nSPS) is 16.1. The van der Waals surface area contributed by atoms with Gasteiger partial charge >= 0.3 is 0 Å². The first kappa shape index (κ1) is 24.7. The Morgan fingerprint density at radius 3 is 2.55 bits per heavy atom. The van der Waals surface area contributed by atoms with E-state index in [1.54, 1.807) is 36.4 Å². The summed E-state index contributed by atoms with van der Waals surface area (Å²) in [6, 6.07) is 12.4. The number of carbonyl (C=O) groups is 1. The van der Waals surface area contributed by atoms with Crippen molar-refractivity contribution in [2.45, 2.75) is 31.0 Å². The molecule has 1 aliphatic heterocycles. The van der Waals surface area contributed by atoms with E-state index in [9.17, 15) is 9.90 Å². The van der Waals surface area contributed by atoms with E-state index >= 15 is 0 Å². The van der Waals surface area contributed by atoms with Crippen LogP contribution in [0.25, 0.3) is 11.3 Å². The average Bonchev–Trinajstić information content (AvgIpc) is 3.66. The van der Waals surface area contributed by atoms with Gasteiger partial charge in [-0.2, -0.15) is 0 Å². The third-order valence-electron chi connectivity index (χ3n) is 6.71. The Bertz CT molecular complexity index is 1460. The number of hydrogen-bond acceptors (Lipinski definition) is 9. The second-order valence-electron chi connectivity index (χ2n) is 9.37. The van der Waals surface area contributed by atoms with Gasteiger partial charge in [0.2, 0.25) is 5.88 Å². The van der Waals surface area contributed by atoms with Crippen molar-refractivity contribution in [2.75, 3.05) is 18.0 Å². The van der Waals surface area contributed by atoms with Gasteiger partial charge in [-0.25, -0.2) is 4.98 Å². The Morgan fingerprint density at radius 1 is 1.11 bits per heavy atom. The summed E-state index contributed by atoms with van der Waals surface area (Å²) in [5.41, 5.74) is 2.05. The van der Waals surface area contributed by atoms with Gasteiger partial charge in [0, 0.05) is 23.2 Å². The summed E-state index contributed by atoms with van der Waals surface area (Å²) >= 11 is 12.9. The van der Waals surface area contributed by atoms with Crippen LogP contribution in [0.1, 0.15) is 35.8 Å². The van der Waals surface area contributed by atoms with E-state index in [0.717, 1.165) is 29.9 Å². The number of carbonyl (C=O) groups excluding carboxylic acids is 1. The van der Waals surface area contributed by atoms with Crippen LogP contribution in [0, 0.1) is 0 Å². The minimum atomic E-state index is -1.16. The Kier molecular flexibility index (Phi) is 6.43. The van der Waals surface area contributed by atoms with Gasteiger partial charge in [0.25, 0.3) is 6.47 Å². The van der Waals surface area contributed by atoms with E-state index in [4.69, 9.17) is 37.2 Å². The first-order valence-electron chi connectivity index (χ1n) is 12.0. The number of anilines is 1. The maximum absolute atomic E-state index is 11.1. The lowest BCUT2D eigenvalue weighted by Crippen LogP contribution is -2.60. The molecule has 1 saturated carbocycles. The lowest BCUT2D eigenvalue weighted by molar-refractivity contribution is -0.120. The Balaban J connectivity index is 1.15. The molecule has 1 saturated heterocycles. The van der Waals surface area contributed by atoms with Gasteiger partial charge in [0.05, 0.1) is 46.8 Å². The van der Waals surface area contributed by atoms with Gasteiger partial charge in [-0.3, -0.25) is 9.78 Å². The monoisotopic (exact) mass is 552 g/mol. The summed E-state index contributed by atoms with van der Waals surface area (Å²) in [5, 5.41) is 16.3. The van der Waals surface area contributed by atoms with E-state index in [-0.39, 0.29) is 6.61 Å². The van der Waals surface area contributed by atoms with Gasteiger partial charge in [0.1, 0.15) is 29.4 Å². The predicted molar refractivity (Wildman–Crippen MR) is 140 cm³/mol. The zero-order valence-corrected chi connectivity index (χ0v) is 21.5. The molecule has 2 fully saturated rings. The van der Waals surface area contributed by atoms with Crippen LogP contribution >= 0.6 is 23.2 Å². The fraction of sp³-hybridized carbons (Fsp3) is 0.259. The van der Waals surface area contributed by atoms with Gasteiger partial charge in [0.15, 0.2) is 0 Å². The van der Waals surface area contributed by atoms with Gasteiger partial charge in [-0.1, -0.05) is 40.5 Å². The van der Waals surface area contributed by atoms with Gasteiger partial charge in [-0.15, -0.1) is 0 Å². The summed E-state index contributed by atoms with van der Waals surface area (Å²) in [4.78, 5) is 21.3. The zero-order valence-electron chi connectivity index (χ0n) is 20.0. The van der Waals surface area contributed by atoms with Crippen molar-refractivity contribution >= 4 is 35.4 Å². The molecule has 1 N–H and O–H groups in total. The number of benzene rings is 2. The molecule has 4 aromatic rings. The summed E-state index contributed by atoms with van der Waals surface area (Å²) in [6.45, 7) is 1.17. The lowest BCUT2D eigenvalue weighted by atomic mass is 9.90. The number of aliphatic hydroxyl groups is 1. The number of β-amino-alcohol motifs (C(OH)–C–C–N with tert-alkyl or cyclic N) is 1. The third-order valence-corrected chi connectivity index (χ3v) is 7.34. The topological polar surface area (TPSA) is 111 Å². The molecular weight excluding hydrogens is 531 g/mol. The predicted octanol–water partition coefficient (Wildman–Crippen LogP) is 5.14. The average molecular weight is 553 g/mol. The SMILES string of the molecule is O=COc1cccc(N2CC(O)(c3cnc(OCc4c(-c5c(Cl)cccc5Cl)noc4C4CC4)cn3)C2)c1. The zero-order chi connectivity index (χ0) is 26.3. The molecule has 11 heteroatoms. The van der Waals surface area contributed by atoms with Crippen molar-refractivity contribution in [3.8, 4) is 22.9 Å². The number of aromatic nitrogens is 3. The van der Waals surface area contributed by atoms with Crippen LogP contribution in [-0.4, -0.2) is 39.8 Å². The standard InChI is InChI=1S/C27H22Cl2N4O5/c28-20-5-2-6-21(29)24(20)25-19(26(38-32-25)16-7-8-16)12-36-23-11-30-22(10-31-23)27(35)13-33(14-27)17-3-1-4-18(9-17)37-15-34/h1-6,9-11,15-16,35H,7-8,12-14H2. The first-order valence-corrected chi connectivity index (χ1v) is 12.8. The van der Waals surface area contributed by atoms with E-state index < -0.39 is 5.60 Å². The smallest absolute Gasteiger partial charge is 0.298 e. The van der Waals surface area contributed by atoms with Crippen molar-refractivity contribution in [3.63, 3.8) is 0 Å². The van der Waals surface area contributed by atoms with Gasteiger partial charge in [-0.05, 0) is 37.1 Å². The molecular formula is C27H22Cl2N4O5. The molecule has 38 heavy (non-hydrogen) atoms. The highest BCUT2D eigenvalue weighted by Gasteiger charge is 2.44. The molecule has 194 valence electrons. The molecule has 0 spiro atoms.